The Kier molecular flexibility index (Phi) is 4.79. The molecule has 21 heavy (non-hydrogen) atoms. The summed E-state index contributed by atoms with van der Waals surface area (Å²) in [5.74, 6) is 0. The maximum absolute atomic E-state index is 4.19. The highest BCUT2D eigenvalue weighted by Crippen LogP contribution is 2.24. The molecule has 0 aliphatic carbocycles. The van der Waals surface area contributed by atoms with Crippen molar-refractivity contribution in [2.45, 2.75) is 52.6 Å². The van der Waals surface area contributed by atoms with Gasteiger partial charge >= 0.3 is 0 Å². The van der Waals surface area contributed by atoms with E-state index in [0.717, 1.165) is 6.54 Å². The number of rotatable bonds is 4. The van der Waals surface area contributed by atoms with Crippen molar-refractivity contribution in [2.24, 2.45) is 0 Å². The maximum atomic E-state index is 4.19. The Hall–Kier alpha value is -1.67. The van der Waals surface area contributed by atoms with Gasteiger partial charge in [0.15, 0.2) is 0 Å². The summed E-state index contributed by atoms with van der Waals surface area (Å²) in [6, 6.07) is 11.3. The van der Waals surface area contributed by atoms with E-state index in [0.29, 0.717) is 6.04 Å². The molecule has 1 aromatic carbocycles. The van der Waals surface area contributed by atoms with Crippen molar-refractivity contribution >= 4 is 0 Å². The predicted molar refractivity (Wildman–Crippen MR) is 89.4 cm³/mol. The van der Waals surface area contributed by atoms with Crippen molar-refractivity contribution < 1.29 is 0 Å². The van der Waals surface area contributed by atoms with Crippen molar-refractivity contribution in [1.82, 2.24) is 10.3 Å². The second-order valence-electron chi connectivity index (χ2n) is 6.78. The molecule has 1 heterocycles. The van der Waals surface area contributed by atoms with Crippen LogP contribution in [0.25, 0.3) is 0 Å². The van der Waals surface area contributed by atoms with Crippen LogP contribution in [0.4, 0.5) is 0 Å². The summed E-state index contributed by atoms with van der Waals surface area (Å²) in [7, 11) is 0. The van der Waals surface area contributed by atoms with Crippen LogP contribution in [-0.2, 0) is 12.0 Å². The minimum atomic E-state index is 0.210. The molecule has 2 rings (SSSR count). The lowest BCUT2D eigenvalue weighted by Gasteiger charge is -2.21. The van der Waals surface area contributed by atoms with Gasteiger partial charge in [0.05, 0.1) is 0 Å². The summed E-state index contributed by atoms with van der Waals surface area (Å²) < 4.78 is 0. The van der Waals surface area contributed by atoms with Crippen LogP contribution in [0.3, 0.4) is 0 Å². The van der Waals surface area contributed by atoms with Gasteiger partial charge in [0, 0.05) is 25.0 Å². The first-order valence-electron chi connectivity index (χ1n) is 7.61. The second-order valence-corrected chi connectivity index (χ2v) is 6.78. The van der Waals surface area contributed by atoms with E-state index < -0.39 is 0 Å². The normalized spacial score (nSPS) is 13.2. The number of aryl methyl sites for hydroxylation is 1. The van der Waals surface area contributed by atoms with Crippen molar-refractivity contribution in [2.75, 3.05) is 0 Å². The van der Waals surface area contributed by atoms with Gasteiger partial charge in [0.2, 0.25) is 0 Å². The van der Waals surface area contributed by atoms with Gasteiger partial charge in [-0.3, -0.25) is 4.98 Å². The molecule has 112 valence electrons. The zero-order valence-corrected chi connectivity index (χ0v) is 13.8. The molecule has 0 amide bonds. The zero-order valence-electron chi connectivity index (χ0n) is 13.8. The molecule has 0 aliphatic rings. The molecular formula is C19H26N2. The third-order valence-electron chi connectivity index (χ3n) is 4.02. The van der Waals surface area contributed by atoms with Crippen molar-refractivity contribution in [1.29, 1.82) is 0 Å². The minimum absolute atomic E-state index is 0.210. The number of aromatic nitrogens is 1. The standard InChI is InChI=1S/C19H26N2/c1-14-10-11-20-12-17(14)13-21-15(2)16-6-8-18(9-7-16)19(3,4)5/h6-12,15,21H,13H2,1-5H3. The third kappa shape index (κ3) is 4.15. The van der Waals surface area contributed by atoms with Gasteiger partial charge in [-0.25, -0.2) is 0 Å². The Labute approximate surface area is 128 Å². The number of hydrogen-bond donors (Lipinski definition) is 1. The Morgan fingerprint density at radius 1 is 1.10 bits per heavy atom. The molecule has 1 atom stereocenters. The summed E-state index contributed by atoms with van der Waals surface area (Å²) in [5, 5.41) is 3.57. The van der Waals surface area contributed by atoms with Gasteiger partial charge in [-0.15, -0.1) is 0 Å². The maximum Gasteiger partial charge on any atom is 0.0315 e. The first kappa shape index (κ1) is 15.7. The fourth-order valence-corrected chi connectivity index (χ4v) is 2.33. The second kappa shape index (κ2) is 6.40. The monoisotopic (exact) mass is 282 g/mol. The van der Waals surface area contributed by atoms with Crippen LogP contribution < -0.4 is 5.32 Å². The molecular weight excluding hydrogens is 256 g/mol. The van der Waals surface area contributed by atoms with Crippen LogP contribution in [0, 0.1) is 6.92 Å². The van der Waals surface area contributed by atoms with Crippen LogP contribution >= 0.6 is 0 Å². The lowest BCUT2D eigenvalue weighted by molar-refractivity contribution is 0.568. The highest BCUT2D eigenvalue weighted by Gasteiger charge is 2.14. The molecule has 2 heteroatoms. The van der Waals surface area contributed by atoms with Gasteiger partial charge in [0.25, 0.3) is 0 Å². The summed E-state index contributed by atoms with van der Waals surface area (Å²) in [5.41, 5.74) is 5.46. The van der Waals surface area contributed by atoms with Crippen LogP contribution in [0.1, 0.15) is 56.0 Å². The number of benzene rings is 1. The Morgan fingerprint density at radius 3 is 2.33 bits per heavy atom. The average molecular weight is 282 g/mol. The van der Waals surface area contributed by atoms with E-state index in [-0.39, 0.29) is 5.41 Å². The molecule has 1 N–H and O–H groups in total. The molecule has 0 bridgehead atoms. The molecule has 1 aromatic heterocycles. The first-order valence-corrected chi connectivity index (χ1v) is 7.61. The van der Waals surface area contributed by atoms with E-state index >= 15 is 0 Å². The Bertz CT molecular complexity index is 579. The highest BCUT2D eigenvalue weighted by molar-refractivity contribution is 5.29. The van der Waals surface area contributed by atoms with E-state index in [4.69, 9.17) is 0 Å². The Balaban J connectivity index is 2.01. The van der Waals surface area contributed by atoms with Gasteiger partial charge < -0.3 is 5.32 Å². The minimum Gasteiger partial charge on any atom is -0.306 e. The van der Waals surface area contributed by atoms with Crippen molar-refractivity contribution in [3.63, 3.8) is 0 Å². The molecule has 0 saturated heterocycles. The largest absolute Gasteiger partial charge is 0.306 e. The number of hydrogen-bond acceptors (Lipinski definition) is 2. The molecule has 2 nitrogen and oxygen atoms in total. The summed E-state index contributed by atoms with van der Waals surface area (Å²) in [6.07, 6.45) is 3.78. The molecule has 0 fully saturated rings. The number of nitrogens with zero attached hydrogens (tertiary/aromatic N) is 1. The lowest BCUT2D eigenvalue weighted by atomic mass is 9.86. The summed E-state index contributed by atoms with van der Waals surface area (Å²) in [4.78, 5) is 4.19. The van der Waals surface area contributed by atoms with Gasteiger partial charge in [-0.1, -0.05) is 45.0 Å². The topological polar surface area (TPSA) is 24.9 Å². The van der Waals surface area contributed by atoms with Crippen LogP contribution in [0.15, 0.2) is 42.7 Å². The van der Waals surface area contributed by atoms with Crippen LogP contribution in [-0.4, -0.2) is 4.98 Å². The lowest BCUT2D eigenvalue weighted by Crippen LogP contribution is -2.19. The van der Waals surface area contributed by atoms with E-state index in [1.54, 1.807) is 0 Å². The van der Waals surface area contributed by atoms with E-state index in [9.17, 15) is 0 Å². The molecule has 2 aromatic rings. The van der Waals surface area contributed by atoms with E-state index in [1.807, 2.05) is 12.4 Å². The summed E-state index contributed by atoms with van der Waals surface area (Å²) >= 11 is 0. The van der Waals surface area contributed by atoms with Crippen LogP contribution in [0.2, 0.25) is 0 Å². The highest BCUT2D eigenvalue weighted by atomic mass is 14.9. The molecule has 0 spiro atoms. The van der Waals surface area contributed by atoms with Crippen molar-refractivity contribution in [3.8, 4) is 0 Å². The molecule has 0 radical (unpaired) electrons. The molecule has 0 aliphatic heterocycles. The Morgan fingerprint density at radius 2 is 1.76 bits per heavy atom. The number of pyridine rings is 1. The van der Waals surface area contributed by atoms with Gasteiger partial charge in [0.1, 0.15) is 0 Å². The predicted octanol–water partition coefficient (Wildman–Crippen LogP) is 4.54. The van der Waals surface area contributed by atoms with Crippen molar-refractivity contribution in [3.05, 3.63) is 65.0 Å². The molecule has 1 unspecified atom stereocenters. The van der Waals surface area contributed by atoms with Gasteiger partial charge in [-0.05, 0) is 47.6 Å². The van der Waals surface area contributed by atoms with Crippen LogP contribution in [0.5, 0.6) is 0 Å². The number of nitrogens with one attached hydrogen (secondary N) is 1. The molecule has 0 saturated carbocycles. The fraction of sp³-hybridized carbons (Fsp3) is 0.421. The fourth-order valence-electron chi connectivity index (χ4n) is 2.33. The average Bonchev–Trinajstić information content (AvgIpc) is 2.45. The van der Waals surface area contributed by atoms with Gasteiger partial charge in [-0.2, -0.15) is 0 Å². The zero-order chi connectivity index (χ0) is 15.5. The van der Waals surface area contributed by atoms with E-state index in [2.05, 4.69) is 75.3 Å². The SMILES string of the molecule is Cc1ccncc1CNC(C)c1ccc(C(C)(C)C)cc1. The smallest absolute Gasteiger partial charge is 0.0315 e. The van der Waals surface area contributed by atoms with E-state index in [1.165, 1.54) is 22.3 Å². The first-order chi connectivity index (χ1) is 9.88. The quantitative estimate of drug-likeness (QED) is 0.890. The third-order valence-corrected chi connectivity index (χ3v) is 4.02. The summed E-state index contributed by atoms with van der Waals surface area (Å²) in [6.45, 7) is 11.9.